The predicted molar refractivity (Wildman–Crippen MR) is 55.2 cm³/mol. The second-order valence-electron chi connectivity index (χ2n) is 3.35. The van der Waals surface area contributed by atoms with Gasteiger partial charge in [0, 0.05) is 32.7 Å². The van der Waals surface area contributed by atoms with Crippen LogP contribution in [0.4, 0.5) is 0 Å². The molecule has 5 heteroatoms. The van der Waals surface area contributed by atoms with E-state index in [9.17, 15) is 0 Å². The highest BCUT2D eigenvalue weighted by Gasteiger charge is 2.06. The average molecular weight is 206 g/mol. The van der Waals surface area contributed by atoms with E-state index in [4.69, 9.17) is 15.3 Å². The second kappa shape index (κ2) is 9.36. The van der Waals surface area contributed by atoms with Crippen molar-refractivity contribution in [2.24, 2.45) is 0 Å². The Bertz CT molecular complexity index is 123. The Balaban J connectivity index is 3.51. The second-order valence-corrected chi connectivity index (χ2v) is 3.35. The molecule has 0 fully saturated rings. The topological polar surface area (TPSA) is 76.0 Å². The molecule has 0 spiro atoms. The summed E-state index contributed by atoms with van der Waals surface area (Å²) in [7, 11) is 0. The molecule has 0 saturated heterocycles. The number of hydrogen-bond donors (Lipinski definition) is 4. The zero-order valence-electron chi connectivity index (χ0n) is 8.82. The van der Waals surface area contributed by atoms with Crippen molar-refractivity contribution >= 4 is 0 Å². The van der Waals surface area contributed by atoms with Crippen molar-refractivity contribution in [3.8, 4) is 0 Å². The molecule has 86 valence electrons. The lowest BCUT2D eigenvalue weighted by Gasteiger charge is -2.22. The van der Waals surface area contributed by atoms with Gasteiger partial charge in [-0.05, 0) is 6.92 Å². The minimum Gasteiger partial charge on any atom is -0.395 e. The normalized spacial score (nSPS) is 13.5. The van der Waals surface area contributed by atoms with Crippen molar-refractivity contribution in [3.63, 3.8) is 0 Å². The Hall–Kier alpha value is -0.200. The molecule has 0 bridgehead atoms. The van der Waals surface area contributed by atoms with E-state index in [0.717, 1.165) is 13.1 Å². The van der Waals surface area contributed by atoms with Gasteiger partial charge in [-0.25, -0.2) is 0 Å². The molecule has 0 heterocycles. The fourth-order valence-electron chi connectivity index (χ4n) is 1.25. The highest BCUT2D eigenvalue weighted by atomic mass is 16.3. The first-order valence-electron chi connectivity index (χ1n) is 5.03. The van der Waals surface area contributed by atoms with Crippen LogP contribution in [0.1, 0.15) is 6.92 Å². The zero-order chi connectivity index (χ0) is 10.8. The number of aliphatic hydroxyl groups excluding tert-OH is 3. The SMILES string of the molecule is CC(O)CN(CCO)CCNCCO. The van der Waals surface area contributed by atoms with Crippen molar-refractivity contribution in [1.82, 2.24) is 10.2 Å². The number of aliphatic hydroxyl groups is 3. The van der Waals surface area contributed by atoms with Crippen LogP contribution in [0.15, 0.2) is 0 Å². The van der Waals surface area contributed by atoms with E-state index in [1.54, 1.807) is 6.92 Å². The first-order chi connectivity index (χ1) is 6.70. The molecule has 14 heavy (non-hydrogen) atoms. The van der Waals surface area contributed by atoms with Crippen molar-refractivity contribution in [1.29, 1.82) is 0 Å². The summed E-state index contributed by atoms with van der Waals surface area (Å²) in [4.78, 5) is 1.98. The van der Waals surface area contributed by atoms with Crippen LogP contribution in [0.5, 0.6) is 0 Å². The highest BCUT2D eigenvalue weighted by molar-refractivity contribution is 4.62. The maximum atomic E-state index is 9.17. The van der Waals surface area contributed by atoms with Gasteiger partial charge in [0.15, 0.2) is 0 Å². The Morgan fingerprint density at radius 1 is 1.14 bits per heavy atom. The molecule has 5 nitrogen and oxygen atoms in total. The van der Waals surface area contributed by atoms with Crippen molar-refractivity contribution in [3.05, 3.63) is 0 Å². The fourth-order valence-corrected chi connectivity index (χ4v) is 1.25. The van der Waals surface area contributed by atoms with E-state index < -0.39 is 0 Å². The molecule has 0 radical (unpaired) electrons. The number of nitrogens with one attached hydrogen (secondary N) is 1. The molecule has 1 unspecified atom stereocenters. The maximum absolute atomic E-state index is 9.17. The first-order valence-corrected chi connectivity index (χ1v) is 5.03. The van der Waals surface area contributed by atoms with Gasteiger partial charge in [-0.1, -0.05) is 0 Å². The molecule has 0 aliphatic heterocycles. The Morgan fingerprint density at radius 3 is 2.36 bits per heavy atom. The van der Waals surface area contributed by atoms with Gasteiger partial charge < -0.3 is 20.6 Å². The third kappa shape index (κ3) is 8.40. The number of rotatable bonds is 9. The summed E-state index contributed by atoms with van der Waals surface area (Å²) in [5.74, 6) is 0. The minimum absolute atomic E-state index is 0.104. The van der Waals surface area contributed by atoms with Crippen molar-refractivity contribution < 1.29 is 15.3 Å². The largest absolute Gasteiger partial charge is 0.395 e. The number of hydrogen-bond acceptors (Lipinski definition) is 5. The van der Waals surface area contributed by atoms with E-state index in [2.05, 4.69) is 5.32 Å². The van der Waals surface area contributed by atoms with Crippen LogP contribution in [0, 0.1) is 0 Å². The van der Waals surface area contributed by atoms with Gasteiger partial charge in [-0.2, -0.15) is 0 Å². The minimum atomic E-state index is -0.376. The fraction of sp³-hybridized carbons (Fsp3) is 1.00. The van der Waals surface area contributed by atoms with Crippen LogP contribution in [0.25, 0.3) is 0 Å². The van der Waals surface area contributed by atoms with Crippen LogP contribution in [0.2, 0.25) is 0 Å². The van der Waals surface area contributed by atoms with E-state index in [1.807, 2.05) is 4.90 Å². The first kappa shape index (κ1) is 13.8. The summed E-state index contributed by atoms with van der Waals surface area (Å²) in [6.07, 6.45) is -0.376. The monoisotopic (exact) mass is 206 g/mol. The molecule has 0 saturated carbocycles. The summed E-state index contributed by atoms with van der Waals surface area (Å²) in [5.41, 5.74) is 0. The Labute approximate surface area is 85.4 Å². The molecule has 0 aliphatic carbocycles. The van der Waals surface area contributed by atoms with Crippen LogP contribution >= 0.6 is 0 Å². The summed E-state index contributed by atoms with van der Waals surface area (Å²) < 4.78 is 0. The van der Waals surface area contributed by atoms with Gasteiger partial charge in [-0.3, -0.25) is 4.90 Å². The molecule has 0 aromatic heterocycles. The Kier molecular flexibility index (Phi) is 9.23. The van der Waals surface area contributed by atoms with Gasteiger partial charge in [-0.15, -0.1) is 0 Å². The lowest BCUT2D eigenvalue weighted by Crippen LogP contribution is -2.38. The molecule has 0 aromatic carbocycles. The summed E-state index contributed by atoms with van der Waals surface area (Å²) in [6, 6.07) is 0. The van der Waals surface area contributed by atoms with Gasteiger partial charge in [0.1, 0.15) is 0 Å². The maximum Gasteiger partial charge on any atom is 0.0639 e. The molecule has 0 rings (SSSR count). The van der Waals surface area contributed by atoms with Gasteiger partial charge in [0.25, 0.3) is 0 Å². The molecule has 1 atom stereocenters. The molecular formula is C9H22N2O3. The van der Waals surface area contributed by atoms with Crippen molar-refractivity contribution in [2.45, 2.75) is 13.0 Å². The standard InChI is InChI=1S/C9H22N2O3/c1-9(14)8-11(5-7-13)4-2-10-3-6-12/h9-10,12-14H,2-8H2,1H3. The Morgan fingerprint density at radius 2 is 1.86 bits per heavy atom. The highest BCUT2D eigenvalue weighted by Crippen LogP contribution is 1.90. The summed E-state index contributed by atoms with van der Waals surface area (Å²) in [5, 5.41) is 29.5. The molecule has 4 N–H and O–H groups in total. The lowest BCUT2D eigenvalue weighted by molar-refractivity contribution is 0.111. The summed E-state index contributed by atoms with van der Waals surface area (Å²) >= 11 is 0. The molecule has 0 amide bonds. The smallest absolute Gasteiger partial charge is 0.0639 e. The van der Waals surface area contributed by atoms with Crippen LogP contribution in [-0.4, -0.2) is 72.3 Å². The lowest BCUT2D eigenvalue weighted by atomic mass is 10.3. The van der Waals surface area contributed by atoms with Crippen LogP contribution in [0.3, 0.4) is 0 Å². The third-order valence-electron chi connectivity index (χ3n) is 1.83. The van der Waals surface area contributed by atoms with E-state index in [0.29, 0.717) is 19.6 Å². The van der Waals surface area contributed by atoms with E-state index >= 15 is 0 Å². The van der Waals surface area contributed by atoms with Gasteiger partial charge in [0.05, 0.1) is 19.3 Å². The third-order valence-corrected chi connectivity index (χ3v) is 1.83. The van der Waals surface area contributed by atoms with Crippen LogP contribution < -0.4 is 5.32 Å². The average Bonchev–Trinajstić information content (AvgIpc) is 2.12. The van der Waals surface area contributed by atoms with E-state index in [1.165, 1.54) is 0 Å². The quantitative estimate of drug-likeness (QED) is 0.336. The molecule has 0 aliphatic rings. The van der Waals surface area contributed by atoms with Gasteiger partial charge in [0.2, 0.25) is 0 Å². The molecule has 0 aromatic rings. The predicted octanol–water partition coefficient (Wildman–Crippen LogP) is -1.76. The van der Waals surface area contributed by atoms with E-state index in [-0.39, 0.29) is 19.3 Å². The summed E-state index contributed by atoms with van der Waals surface area (Å²) in [6.45, 7) is 5.22. The van der Waals surface area contributed by atoms with Crippen molar-refractivity contribution in [2.75, 3.05) is 45.9 Å². The van der Waals surface area contributed by atoms with Crippen LogP contribution in [-0.2, 0) is 0 Å². The number of nitrogens with zero attached hydrogens (tertiary/aromatic N) is 1. The van der Waals surface area contributed by atoms with Gasteiger partial charge >= 0.3 is 0 Å². The molecular weight excluding hydrogens is 184 g/mol. The zero-order valence-corrected chi connectivity index (χ0v) is 8.82.